The molecule has 2 atom stereocenters. The monoisotopic (exact) mass is 1260 g/mol. The van der Waals surface area contributed by atoms with Crippen molar-refractivity contribution in [2.75, 3.05) is 4.90 Å². The first-order valence-electron chi connectivity index (χ1n) is 35.3. The van der Waals surface area contributed by atoms with Crippen molar-refractivity contribution in [2.24, 2.45) is 5.92 Å². The molecular formula is C97H77N. The van der Waals surface area contributed by atoms with Crippen LogP contribution in [-0.2, 0) is 28.1 Å². The van der Waals surface area contributed by atoms with Crippen molar-refractivity contribution in [2.45, 2.75) is 89.4 Å². The molecule has 0 spiro atoms. The summed E-state index contributed by atoms with van der Waals surface area (Å²) in [7, 11) is 0. The number of rotatable bonds is 8. The van der Waals surface area contributed by atoms with Gasteiger partial charge in [-0.15, -0.1) is 0 Å². The van der Waals surface area contributed by atoms with E-state index < -0.39 is 0 Å². The molecule has 0 amide bonds. The number of allylic oxidation sites excluding steroid dienone is 4. The molecule has 13 aromatic rings. The molecule has 1 heterocycles. The molecule has 13 aromatic carbocycles. The third-order valence-electron chi connectivity index (χ3n) is 24.0. The quantitative estimate of drug-likeness (QED) is 0.147. The van der Waals surface area contributed by atoms with Gasteiger partial charge in [-0.25, -0.2) is 0 Å². The molecule has 19 rings (SSSR count). The van der Waals surface area contributed by atoms with E-state index in [0.29, 0.717) is 11.8 Å². The Morgan fingerprint density at radius 1 is 0.286 bits per heavy atom. The molecule has 0 saturated carbocycles. The van der Waals surface area contributed by atoms with Crippen LogP contribution in [0, 0.1) is 5.92 Å². The van der Waals surface area contributed by atoms with Crippen molar-refractivity contribution in [1.29, 1.82) is 0 Å². The Hall–Kier alpha value is -10.9. The van der Waals surface area contributed by atoms with Gasteiger partial charge in [0, 0.05) is 51.1 Å². The third-order valence-corrected chi connectivity index (χ3v) is 24.0. The Morgan fingerprint density at radius 2 is 0.653 bits per heavy atom. The van der Waals surface area contributed by atoms with Crippen LogP contribution < -0.4 is 4.90 Å². The Balaban J connectivity index is 0.716. The zero-order valence-electron chi connectivity index (χ0n) is 57.1. The molecule has 98 heavy (non-hydrogen) atoms. The summed E-state index contributed by atoms with van der Waals surface area (Å²) in [4.78, 5) is 2.62. The van der Waals surface area contributed by atoms with Crippen LogP contribution in [0.3, 0.4) is 0 Å². The van der Waals surface area contributed by atoms with E-state index in [9.17, 15) is 0 Å². The van der Waals surface area contributed by atoms with Gasteiger partial charge >= 0.3 is 0 Å². The van der Waals surface area contributed by atoms with Gasteiger partial charge in [0.15, 0.2) is 0 Å². The minimum atomic E-state index is -0.216. The predicted octanol–water partition coefficient (Wildman–Crippen LogP) is 25.6. The maximum atomic E-state index is 2.62. The molecule has 6 aliphatic rings. The molecule has 0 fully saturated rings. The first kappa shape index (κ1) is 58.5. The van der Waals surface area contributed by atoms with Gasteiger partial charge in [0.1, 0.15) is 0 Å². The van der Waals surface area contributed by atoms with Crippen LogP contribution in [0.2, 0.25) is 0 Å². The molecule has 0 aromatic heterocycles. The average Bonchev–Trinajstić information content (AvgIpc) is 1.64. The second-order valence-corrected chi connectivity index (χ2v) is 30.8. The number of hydrogen-bond acceptors (Lipinski definition) is 1. The summed E-state index contributed by atoms with van der Waals surface area (Å²) >= 11 is 0. The van der Waals surface area contributed by atoms with Gasteiger partial charge < -0.3 is 4.90 Å². The van der Waals surface area contributed by atoms with Crippen LogP contribution in [0.4, 0.5) is 17.1 Å². The van der Waals surface area contributed by atoms with Gasteiger partial charge in [-0.2, -0.15) is 0 Å². The number of fused-ring (bicyclic) bond motifs is 14. The van der Waals surface area contributed by atoms with E-state index in [0.717, 1.165) is 6.42 Å². The van der Waals surface area contributed by atoms with E-state index in [-0.39, 0.29) is 21.7 Å². The predicted molar refractivity (Wildman–Crippen MR) is 412 cm³/mol. The molecule has 470 valence electrons. The van der Waals surface area contributed by atoms with Gasteiger partial charge in [0.2, 0.25) is 0 Å². The zero-order chi connectivity index (χ0) is 66.1. The van der Waals surface area contributed by atoms with E-state index in [2.05, 4.69) is 358 Å². The highest BCUT2D eigenvalue weighted by atomic mass is 15.2. The molecule has 1 aliphatic heterocycles. The lowest BCUT2D eigenvalue weighted by Crippen LogP contribution is -2.25. The maximum Gasteiger partial charge on any atom is 0.0619 e. The molecule has 0 radical (unpaired) electrons. The summed E-state index contributed by atoms with van der Waals surface area (Å²) in [5, 5.41) is 0. The lowest BCUT2D eigenvalue weighted by atomic mass is 9.72. The van der Waals surface area contributed by atoms with Gasteiger partial charge in [-0.05, 0) is 228 Å². The summed E-state index contributed by atoms with van der Waals surface area (Å²) in [6, 6.07) is 107. The lowest BCUT2D eigenvalue weighted by molar-refractivity contribution is 0.395. The van der Waals surface area contributed by atoms with Gasteiger partial charge in [0.05, 0.1) is 5.69 Å². The minimum Gasteiger partial charge on any atom is -0.309 e. The van der Waals surface area contributed by atoms with E-state index in [1.807, 2.05) is 0 Å². The third kappa shape index (κ3) is 8.70. The summed E-state index contributed by atoms with van der Waals surface area (Å²) in [5.41, 5.74) is 42.4. The average molecular weight is 1260 g/mol. The first-order valence-corrected chi connectivity index (χ1v) is 35.3. The normalized spacial score (nSPS) is 17.5. The number of hydrogen-bond donors (Lipinski definition) is 0. The fraction of sp³-hybridized carbons (Fsp3) is 0.155. The molecular weight excluding hydrogens is 1180 g/mol. The number of anilines is 3. The van der Waals surface area contributed by atoms with Crippen LogP contribution in [-0.4, -0.2) is 0 Å². The maximum absolute atomic E-state index is 2.62. The van der Waals surface area contributed by atoms with Gasteiger partial charge in [0.25, 0.3) is 0 Å². The SMILES string of the molecule is CC1(C)c2ccccc2-c2ccc(C3=CC4C(C=C3)c3ccc(-c5ccc6c(c5)Cc5cc(-c7ccc8c(c7)C(C)(C)c7cc(-c9ccc%10c(c9)C(C)(C)c9ccccc9-%10)ccc7-8)ccc5N6c5c(-c6ccccc6)cc(-c6ccccc6)cc5-c5ccccc5)cc3C4(C)C)cc21. The van der Waals surface area contributed by atoms with E-state index in [4.69, 9.17) is 0 Å². The van der Waals surface area contributed by atoms with Crippen LogP contribution in [0.25, 0.3) is 106 Å². The Labute approximate surface area is 577 Å². The van der Waals surface area contributed by atoms with Crippen molar-refractivity contribution >= 4 is 22.6 Å². The highest BCUT2D eigenvalue weighted by Gasteiger charge is 2.46. The second kappa shape index (κ2) is 21.3. The van der Waals surface area contributed by atoms with Crippen molar-refractivity contribution < 1.29 is 0 Å². The number of benzene rings is 13. The second-order valence-electron chi connectivity index (χ2n) is 30.8. The summed E-state index contributed by atoms with van der Waals surface area (Å²) in [6.45, 7) is 19.4. The fourth-order valence-electron chi connectivity index (χ4n) is 18.6. The van der Waals surface area contributed by atoms with E-state index in [1.54, 1.807) is 0 Å². The standard InChI is InChI=1S/C97H77N/c1-94(2)83-30-20-18-28-73(83)75-40-34-66(55-85(75)94)68-36-44-79-77-42-32-64(53-87(77)96(5,6)89(79)57-68)62-38-46-91-71(48-62)50-72-49-63(39-47-92(72)98(91)93-81(60-24-14-10-15-25-60)51-70(59-22-12-9-13-23-59)52-82(93)61-26-16-11-17-27-61)65-33-43-78-80-45-37-69(58-90(80)97(7,8)88(78)54-65)67-35-41-76-74-29-19-21-31-84(74)95(3,4)86(76)56-67/h9-49,51-58,79,89H,50H2,1-8H3. The highest BCUT2D eigenvalue weighted by Crippen LogP contribution is 2.59. The van der Waals surface area contributed by atoms with E-state index in [1.165, 1.54) is 184 Å². The molecule has 0 N–H and O–H groups in total. The fourth-order valence-corrected chi connectivity index (χ4v) is 18.6. The smallest absolute Gasteiger partial charge is 0.0619 e. The van der Waals surface area contributed by atoms with Crippen LogP contribution in [0.15, 0.2) is 297 Å². The Kier molecular flexibility index (Phi) is 12.7. The van der Waals surface area contributed by atoms with Crippen molar-refractivity contribution in [3.8, 4) is 100 Å². The zero-order valence-corrected chi connectivity index (χ0v) is 57.1. The van der Waals surface area contributed by atoms with Crippen molar-refractivity contribution in [3.63, 3.8) is 0 Å². The highest BCUT2D eigenvalue weighted by molar-refractivity contribution is 6.03. The lowest BCUT2D eigenvalue weighted by Gasteiger charge is -2.37. The molecule has 2 unspecified atom stereocenters. The van der Waals surface area contributed by atoms with Gasteiger partial charge in [-0.3, -0.25) is 0 Å². The molecule has 5 aliphatic carbocycles. The molecule has 0 saturated heterocycles. The summed E-state index contributed by atoms with van der Waals surface area (Å²) in [6.07, 6.45) is 8.31. The van der Waals surface area contributed by atoms with E-state index >= 15 is 0 Å². The summed E-state index contributed by atoms with van der Waals surface area (Å²) < 4.78 is 0. The van der Waals surface area contributed by atoms with Crippen molar-refractivity contribution in [3.05, 3.63) is 358 Å². The van der Waals surface area contributed by atoms with Crippen LogP contribution in [0.5, 0.6) is 0 Å². The van der Waals surface area contributed by atoms with Crippen molar-refractivity contribution in [1.82, 2.24) is 0 Å². The Bertz CT molecular complexity index is 5530. The number of nitrogens with zero attached hydrogens (tertiary/aromatic N) is 1. The van der Waals surface area contributed by atoms with Crippen LogP contribution >= 0.6 is 0 Å². The summed E-state index contributed by atoms with van der Waals surface area (Å²) in [5.74, 6) is 0.641. The minimum absolute atomic E-state index is 0.0490. The molecule has 1 heteroatoms. The Morgan fingerprint density at radius 3 is 1.13 bits per heavy atom. The first-order chi connectivity index (χ1) is 47.6. The van der Waals surface area contributed by atoms with Gasteiger partial charge in [-0.1, -0.05) is 292 Å². The largest absolute Gasteiger partial charge is 0.309 e. The molecule has 1 nitrogen and oxygen atoms in total. The van der Waals surface area contributed by atoms with Crippen LogP contribution in [0.1, 0.15) is 123 Å². The molecule has 0 bridgehead atoms. The topological polar surface area (TPSA) is 3.24 Å².